The molecule has 4 fully saturated rings. The Hall–Kier alpha value is -2.90. The molecule has 3 saturated carbocycles. The highest BCUT2D eigenvalue weighted by Crippen LogP contribution is 2.61. The first-order valence-corrected chi connectivity index (χ1v) is 15.6. The fourth-order valence-corrected chi connectivity index (χ4v) is 7.69. The lowest BCUT2D eigenvalue weighted by Crippen LogP contribution is -2.59. The first-order chi connectivity index (χ1) is 19.6. The van der Waals surface area contributed by atoms with E-state index in [-0.39, 0.29) is 5.56 Å². The lowest BCUT2D eigenvalue weighted by Gasteiger charge is -2.61. The van der Waals surface area contributed by atoms with Gasteiger partial charge in [0.15, 0.2) is 5.96 Å². The van der Waals surface area contributed by atoms with Gasteiger partial charge in [-0.2, -0.15) is 0 Å². The van der Waals surface area contributed by atoms with E-state index in [1.807, 2.05) is 42.5 Å². The van der Waals surface area contributed by atoms with Crippen LogP contribution in [0.4, 0.5) is 5.69 Å². The Morgan fingerprint density at radius 2 is 1.83 bits per heavy atom. The zero-order valence-corrected chi connectivity index (χ0v) is 25.7. The minimum atomic E-state index is -0.0213. The predicted molar refractivity (Wildman–Crippen MR) is 169 cm³/mol. The minimum Gasteiger partial charge on any atom is -0.340 e. The maximum absolute atomic E-state index is 13.3. The van der Waals surface area contributed by atoms with E-state index in [0.717, 1.165) is 55.0 Å². The summed E-state index contributed by atoms with van der Waals surface area (Å²) < 4.78 is 1.69. The summed E-state index contributed by atoms with van der Waals surface area (Å²) in [5, 5.41) is 8.66. The molecule has 7 rings (SSSR count). The number of hydrogen-bond acceptors (Lipinski definition) is 4. The second-order valence-electron chi connectivity index (χ2n) is 13.3. The summed E-state index contributed by atoms with van der Waals surface area (Å²) in [6.45, 7) is 14.1. The van der Waals surface area contributed by atoms with Crippen LogP contribution in [0.25, 0.3) is 10.9 Å². The highest BCUT2D eigenvalue weighted by molar-refractivity contribution is 6.30. The maximum Gasteiger partial charge on any atom is 0.261 e. The third-order valence-electron chi connectivity index (χ3n) is 10.1. The molecule has 1 unspecified atom stereocenters. The molecule has 1 aliphatic heterocycles. The molecule has 0 spiro atoms. The Morgan fingerprint density at radius 3 is 2.51 bits per heavy atom. The molecule has 2 aromatic carbocycles. The van der Waals surface area contributed by atoms with Crippen LogP contribution in [0.5, 0.6) is 0 Å². The van der Waals surface area contributed by atoms with Crippen molar-refractivity contribution in [3.05, 3.63) is 69.7 Å². The van der Waals surface area contributed by atoms with Crippen LogP contribution in [-0.2, 0) is 13.0 Å². The molecule has 1 saturated heterocycles. The highest BCUT2D eigenvalue weighted by Gasteiger charge is 2.56. The number of nitrogens with one attached hydrogen (secondary N) is 2. The molecule has 0 amide bonds. The first-order valence-electron chi connectivity index (χ1n) is 15.2. The number of guanidine groups is 1. The van der Waals surface area contributed by atoms with Gasteiger partial charge in [-0.05, 0) is 92.2 Å². The van der Waals surface area contributed by atoms with Gasteiger partial charge in [0.05, 0.1) is 23.3 Å². The van der Waals surface area contributed by atoms with E-state index in [2.05, 4.69) is 55.1 Å². The van der Waals surface area contributed by atoms with Crippen molar-refractivity contribution >= 4 is 34.2 Å². The number of anilines is 1. The van der Waals surface area contributed by atoms with Crippen LogP contribution in [-0.4, -0.2) is 51.6 Å². The molecule has 41 heavy (non-hydrogen) atoms. The molecule has 4 aliphatic rings. The largest absolute Gasteiger partial charge is 0.340 e. The fraction of sp³-hybridized carbons (Fsp3) is 0.545. The molecule has 7 nitrogen and oxygen atoms in total. The lowest BCUT2D eigenvalue weighted by molar-refractivity contribution is -0.108. The average molecular weight is 575 g/mol. The van der Waals surface area contributed by atoms with Gasteiger partial charge in [-0.1, -0.05) is 44.5 Å². The second-order valence-corrected chi connectivity index (χ2v) is 13.8. The Kier molecular flexibility index (Phi) is 7.62. The van der Waals surface area contributed by atoms with Crippen LogP contribution in [0.3, 0.4) is 0 Å². The van der Waals surface area contributed by atoms with E-state index in [1.165, 1.54) is 6.42 Å². The highest BCUT2D eigenvalue weighted by atomic mass is 35.5. The number of piperazine rings is 1. The smallest absolute Gasteiger partial charge is 0.261 e. The number of fused-ring (bicyclic) bond motifs is 3. The van der Waals surface area contributed by atoms with Gasteiger partial charge in [0.1, 0.15) is 0 Å². The Labute approximate surface area is 248 Å². The lowest BCUT2D eigenvalue weighted by atomic mass is 9.45. The van der Waals surface area contributed by atoms with Crippen molar-refractivity contribution in [2.24, 2.45) is 28.2 Å². The van der Waals surface area contributed by atoms with Crippen molar-refractivity contribution < 1.29 is 0 Å². The predicted octanol–water partition coefficient (Wildman–Crippen LogP) is 5.81. The van der Waals surface area contributed by atoms with Crippen LogP contribution in [0.1, 0.15) is 53.0 Å². The number of aromatic nitrogens is 2. The quantitative estimate of drug-likeness (QED) is 0.297. The number of hydrogen-bond donors (Lipinski definition) is 2. The van der Waals surface area contributed by atoms with Gasteiger partial charge in [-0.3, -0.25) is 9.36 Å². The zero-order chi connectivity index (χ0) is 28.9. The van der Waals surface area contributed by atoms with Crippen LogP contribution < -0.4 is 16.2 Å². The van der Waals surface area contributed by atoms with Crippen molar-refractivity contribution in [2.45, 2.75) is 78.6 Å². The van der Waals surface area contributed by atoms with E-state index >= 15 is 0 Å². The van der Waals surface area contributed by atoms with Gasteiger partial charge < -0.3 is 15.5 Å². The average Bonchev–Trinajstić information content (AvgIpc) is 2.93. The van der Waals surface area contributed by atoms with E-state index in [0.29, 0.717) is 51.9 Å². The molecule has 2 heterocycles. The maximum atomic E-state index is 13.3. The molecular weight excluding hydrogens is 532 g/mol. The summed E-state index contributed by atoms with van der Waals surface area (Å²) >= 11 is 6.01. The molecule has 2 bridgehead atoms. The SMILES string of the molecule is C[C@@H]1CN(/C(=N\C2C[C@H]3C[C@@H]([C@@H]2C)C3(C)C)Nc2ccc3c(=O)n(CCc4ccc(Cl)cc4)cnc3c2)C[C@H](C)N1. The molecule has 3 aromatic rings. The molecule has 2 N–H and O–H groups in total. The Balaban J connectivity index is 1.24. The number of nitrogens with zero attached hydrogens (tertiary/aromatic N) is 4. The van der Waals surface area contributed by atoms with Crippen molar-refractivity contribution in [1.29, 1.82) is 0 Å². The Morgan fingerprint density at radius 1 is 1.10 bits per heavy atom. The van der Waals surface area contributed by atoms with Crippen molar-refractivity contribution in [1.82, 2.24) is 19.8 Å². The fourth-order valence-electron chi connectivity index (χ4n) is 7.57. The van der Waals surface area contributed by atoms with Gasteiger partial charge >= 0.3 is 0 Å². The summed E-state index contributed by atoms with van der Waals surface area (Å²) in [6, 6.07) is 14.7. The van der Waals surface area contributed by atoms with Crippen LogP contribution >= 0.6 is 11.6 Å². The molecule has 0 radical (unpaired) electrons. The molecule has 1 aromatic heterocycles. The van der Waals surface area contributed by atoms with Gasteiger partial charge in [0.2, 0.25) is 0 Å². The number of benzene rings is 2. The van der Waals surface area contributed by atoms with Crippen molar-refractivity contribution in [3.63, 3.8) is 0 Å². The van der Waals surface area contributed by atoms with Crippen LogP contribution in [0.15, 0.2) is 58.6 Å². The van der Waals surface area contributed by atoms with Gasteiger partial charge in [-0.25, -0.2) is 9.98 Å². The topological polar surface area (TPSA) is 74.5 Å². The third kappa shape index (κ3) is 5.63. The van der Waals surface area contributed by atoms with Gasteiger partial charge in [-0.15, -0.1) is 0 Å². The standard InChI is InChI=1S/C33H43ClN6O/c1-20-17-40(18-21(2)36-20)32(38-29-15-24-14-28(22(29)3)33(24,4)5)37-26-10-11-27-30(16-26)35-19-39(31(27)41)13-12-23-6-8-25(34)9-7-23/h6-11,16,19-22,24,28-29,36H,12-15,17-18H2,1-5H3,(H,37,38)/t20-,21+,22-,24+,28-,29?/m0/s1. The normalized spacial score (nSPS) is 29.3. The number of aliphatic imine (C=N–C) groups is 1. The number of aryl methyl sites for hydroxylation is 2. The summed E-state index contributed by atoms with van der Waals surface area (Å²) in [7, 11) is 0. The molecule has 8 heteroatoms. The van der Waals surface area contributed by atoms with Crippen LogP contribution in [0, 0.1) is 23.2 Å². The molecule has 218 valence electrons. The van der Waals surface area contributed by atoms with Crippen molar-refractivity contribution in [2.75, 3.05) is 18.4 Å². The van der Waals surface area contributed by atoms with E-state index < -0.39 is 0 Å². The first kappa shape index (κ1) is 28.2. The molecular formula is C33H43ClN6O. The Bertz CT molecular complexity index is 1490. The molecule has 3 aliphatic carbocycles. The summed E-state index contributed by atoms with van der Waals surface area (Å²) in [4.78, 5) is 25.8. The molecule has 6 atom stereocenters. The monoisotopic (exact) mass is 574 g/mol. The van der Waals surface area contributed by atoms with E-state index in [1.54, 1.807) is 10.9 Å². The number of halogens is 1. The van der Waals surface area contributed by atoms with E-state index in [9.17, 15) is 4.79 Å². The summed E-state index contributed by atoms with van der Waals surface area (Å²) in [5.74, 6) is 3.00. The zero-order valence-electron chi connectivity index (χ0n) is 24.9. The summed E-state index contributed by atoms with van der Waals surface area (Å²) in [6.07, 6.45) is 4.90. The third-order valence-corrected chi connectivity index (χ3v) is 10.3. The van der Waals surface area contributed by atoms with Crippen LogP contribution in [0.2, 0.25) is 5.02 Å². The van der Waals surface area contributed by atoms with Gasteiger partial charge in [0, 0.05) is 42.4 Å². The summed E-state index contributed by atoms with van der Waals surface area (Å²) in [5.41, 5.74) is 3.15. The van der Waals surface area contributed by atoms with E-state index in [4.69, 9.17) is 16.6 Å². The van der Waals surface area contributed by atoms with Crippen molar-refractivity contribution in [3.8, 4) is 0 Å². The minimum absolute atomic E-state index is 0.0213. The van der Waals surface area contributed by atoms with Gasteiger partial charge in [0.25, 0.3) is 5.56 Å². The number of rotatable bonds is 5. The second kappa shape index (κ2) is 11.1.